The molecule has 0 radical (unpaired) electrons. The molecule has 2 fully saturated rings. The van der Waals surface area contributed by atoms with Gasteiger partial charge in [-0.1, -0.05) is 12.8 Å². The number of aliphatic hydroxyl groups excluding tert-OH is 3. The van der Waals surface area contributed by atoms with Crippen LogP contribution in [0.15, 0.2) is 6.20 Å². The van der Waals surface area contributed by atoms with Crippen LogP contribution in [0, 0.1) is 0 Å². The van der Waals surface area contributed by atoms with Crippen molar-refractivity contribution in [1.29, 1.82) is 0 Å². The Labute approximate surface area is 187 Å². The summed E-state index contributed by atoms with van der Waals surface area (Å²) in [4.78, 5) is 26.8. The van der Waals surface area contributed by atoms with Crippen molar-refractivity contribution in [2.75, 3.05) is 18.5 Å². The highest BCUT2D eigenvalue weighted by Crippen LogP contribution is 2.42. The number of nitrogens with one attached hydrogen (secondary N) is 1. The molecule has 2 aromatic rings. The summed E-state index contributed by atoms with van der Waals surface area (Å²) in [5.41, 5.74) is 0.284. The predicted octanol–water partition coefficient (Wildman–Crippen LogP) is -0.0339. The van der Waals surface area contributed by atoms with Crippen LogP contribution in [0.25, 0.3) is 11.0 Å². The molecule has 2 aromatic heterocycles. The fourth-order valence-electron chi connectivity index (χ4n) is 3.99. The zero-order chi connectivity index (χ0) is 23.0. The molecular formula is C17H25ClN5O8P. The number of halogens is 1. The van der Waals surface area contributed by atoms with Crippen molar-refractivity contribution in [3.63, 3.8) is 0 Å². The van der Waals surface area contributed by atoms with Crippen LogP contribution in [-0.2, 0) is 14.0 Å². The molecule has 178 valence electrons. The summed E-state index contributed by atoms with van der Waals surface area (Å²) in [5, 5.41) is 38.1. The van der Waals surface area contributed by atoms with E-state index in [2.05, 4.69) is 20.4 Å². The van der Waals surface area contributed by atoms with Crippen molar-refractivity contribution >= 4 is 36.0 Å². The minimum absolute atomic E-state index is 0.0277. The Hall–Kier alpha value is -1.41. The van der Waals surface area contributed by atoms with E-state index in [1.54, 1.807) is 0 Å². The number of hydrogen-bond acceptors (Lipinski definition) is 10. The normalized spacial score (nSPS) is 27.9. The standard InChI is InChI=1S/C17H25ClN5O8P/c18-17-21-14(20-8-3-1-2-4-8)9-5-19-23(15(9)22-17)16-13(26)12(25)10(31-16)7-30-11(6-24)32(27,28)29/h5,8,10-13,16,24-26H,1-4,6-7H2,(H,20,21,22)(H2,27,28,29)/t10-,11-,12-,13-,16+/m1/s1. The Balaban J connectivity index is 1.54. The second-order valence-corrected chi connectivity index (χ2v) is 9.99. The van der Waals surface area contributed by atoms with Gasteiger partial charge in [0, 0.05) is 6.04 Å². The Morgan fingerprint density at radius 2 is 2.00 bits per heavy atom. The molecule has 1 saturated heterocycles. The molecule has 1 aliphatic heterocycles. The first-order valence-corrected chi connectivity index (χ1v) is 12.2. The van der Waals surface area contributed by atoms with E-state index in [4.69, 9.17) is 26.2 Å². The van der Waals surface area contributed by atoms with Crippen molar-refractivity contribution in [3.8, 4) is 0 Å². The average molecular weight is 494 g/mol. The summed E-state index contributed by atoms with van der Waals surface area (Å²) in [7, 11) is -4.72. The maximum atomic E-state index is 11.3. The van der Waals surface area contributed by atoms with Gasteiger partial charge >= 0.3 is 7.60 Å². The van der Waals surface area contributed by atoms with Crippen LogP contribution < -0.4 is 5.32 Å². The lowest BCUT2D eigenvalue weighted by atomic mass is 10.1. The summed E-state index contributed by atoms with van der Waals surface area (Å²) in [6.07, 6.45) is 0.608. The third kappa shape index (κ3) is 4.76. The summed E-state index contributed by atoms with van der Waals surface area (Å²) in [5.74, 6) is -1.26. The molecule has 2 aliphatic rings. The number of ether oxygens (including phenoxy) is 2. The van der Waals surface area contributed by atoms with Gasteiger partial charge in [-0.2, -0.15) is 15.1 Å². The number of anilines is 1. The van der Waals surface area contributed by atoms with E-state index in [-0.39, 0.29) is 17.0 Å². The second-order valence-electron chi connectivity index (χ2n) is 7.90. The SMILES string of the molecule is O=P(O)(O)[C@H](CO)OC[C@H]1O[C@H](n2ncc3c(NC4CCCC4)nc(Cl)nc32)[C@H](O)[C@@H]1O. The number of aliphatic hydroxyl groups is 3. The predicted molar refractivity (Wildman–Crippen MR) is 111 cm³/mol. The van der Waals surface area contributed by atoms with Crippen molar-refractivity contribution in [2.45, 2.75) is 62.1 Å². The zero-order valence-electron chi connectivity index (χ0n) is 16.9. The lowest BCUT2D eigenvalue weighted by Gasteiger charge is -2.20. The van der Waals surface area contributed by atoms with Crippen LogP contribution in [0.2, 0.25) is 5.28 Å². The van der Waals surface area contributed by atoms with Gasteiger partial charge in [0.2, 0.25) is 5.28 Å². The van der Waals surface area contributed by atoms with E-state index >= 15 is 0 Å². The first-order chi connectivity index (χ1) is 15.2. The molecular weight excluding hydrogens is 469 g/mol. The van der Waals surface area contributed by atoms with Gasteiger partial charge in [-0.05, 0) is 24.4 Å². The molecule has 1 saturated carbocycles. The molecule has 32 heavy (non-hydrogen) atoms. The van der Waals surface area contributed by atoms with Gasteiger partial charge in [0.05, 0.1) is 24.8 Å². The van der Waals surface area contributed by atoms with E-state index in [1.807, 2.05) is 0 Å². The number of fused-ring (bicyclic) bond motifs is 1. The Kier molecular flexibility index (Phi) is 7.01. The minimum atomic E-state index is -4.72. The lowest BCUT2D eigenvalue weighted by Crippen LogP contribution is -2.35. The van der Waals surface area contributed by atoms with E-state index in [9.17, 15) is 24.6 Å². The van der Waals surface area contributed by atoms with E-state index in [0.29, 0.717) is 11.2 Å². The lowest BCUT2D eigenvalue weighted by molar-refractivity contribution is -0.0807. The maximum absolute atomic E-state index is 11.3. The van der Waals surface area contributed by atoms with Gasteiger partial charge in [-0.3, -0.25) is 4.57 Å². The molecule has 4 rings (SSSR count). The molecule has 0 aromatic carbocycles. The Morgan fingerprint density at radius 1 is 1.28 bits per heavy atom. The number of aromatic nitrogens is 4. The van der Waals surface area contributed by atoms with Crippen molar-refractivity contribution < 1.29 is 39.1 Å². The van der Waals surface area contributed by atoms with Crippen LogP contribution in [0.5, 0.6) is 0 Å². The second kappa shape index (κ2) is 9.45. The monoisotopic (exact) mass is 493 g/mol. The first kappa shape index (κ1) is 23.7. The third-order valence-electron chi connectivity index (χ3n) is 5.68. The van der Waals surface area contributed by atoms with E-state index < -0.39 is 51.2 Å². The summed E-state index contributed by atoms with van der Waals surface area (Å²) < 4.78 is 23.3. The fraction of sp³-hybridized carbons (Fsp3) is 0.706. The van der Waals surface area contributed by atoms with Gasteiger partial charge in [-0.15, -0.1) is 0 Å². The molecule has 0 amide bonds. The third-order valence-corrected chi connectivity index (χ3v) is 6.92. The highest BCUT2D eigenvalue weighted by molar-refractivity contribution is 7.52. The average Bonchev–Trinajstić information content (AvgIpc) is 3.44. The van der Waals surface area contributed by atoms with Crippen LogP contribution in [0.4, 0.5) is 5.82 Å². The van der Waals surface area contributed by atoms with Crippen LogP contribution in [0.1, 0.15) is 31.9 Å². The van der Waals surface area contributed by atoms with E-state index in [0.717, 1.165) is 25.7 Å². The Morgan fingerprint density at radius 3 is 2.66 bits per heavy atom. The van der Waals surface area contributed by atoms with Gasteiger partial charge in [-0.25, -0.2) is 4.68 Å². The van der Waals surface area contributed by atoms with Gasteiger partial charge in [0.15, 0.2) is 17.7 Å². The maximum Gasteiger partial charge on any atom is 0.356 e. The summed E-state index contributed by atoms with van der Waals surface area (Å²) in [6.45, 7) is -1.40. The number of rotatable bonds is 8. The highest BCUT2D eigenvalue weighted by atomic mass is 35.5. The Bertz CT molecular complexity index is 999. The smallest absolute Gasteiger partial charge is 0.356 e. The molecule has 5 atom stereocenters. The van der Waals surface area contributed by atoms with Crippen LogP contribution in [-0.4, -0.2) is 88.3 Å². The quantitative estimate of drug-likeness (QED) is 0.213. The van der Waals surface area contributed by atoms with E-state index in [1.165, 1.54) is 10.9 Å². The number of hydrogen-bond donors (Lipinski definition) is 6. The zero-order valence-corrected chi connectivity index (χ0v) is 18.5. The molecule has 6 N–H and O–H groups in total. The molecule has 1 aliphatic carbocycles. The summed E-state index contributed by atoms with van der Waals surface area (Å²) >= 11 is 6.11. The molecule has 0 bridgehead atoms. The molecule has 0 spiro atoms. The molecule has 0 unspecified atom stereocenters. The first-order valence-electron chi connectivity index (χ1n) is 10.2. The molecule has 3 heterocycles. The van der Waals surface area contributed by atoms with Gasteiger partial charge in [0.1, 0.15) is 24.1 Å². The van der Waals surface area contributed by atoms with Gasteiger partial charge < -0.3 is 39.9 Å². The molecule has 15 heteroatoms. The van der Waals surface area contributed by atoms with Crippen LogP contribution in [0.3, 0.4) is 0 Å². The van der Waals surface area contributed by atoms with Crippen LogP contribution >= 0.6 is 19.2 Å². The number of nitrogens with zero attached hydrogens (tertiary/aromatic N) is 4. The fourth-order valence-corrected chi connectivity index (χ4v) is 4.65. The largest absolute Gasteiger partial charge is 0.393 e. The van der Waals surface area contributed by atoms with Crippen molar-refractivity contribution in [2.24, 2.45) is 0 Å². The van der Waals surface area contributed by atoms with Crippen molar-refractivity contribution in [1.82, 2.24) is 19.7 Å². The van der Waals surface area contributed by atoms with Crippen molar-refractivity contribution in [3.05, 3.63) is 11.5 Å². The minimum Gasteiger partial charge on any atom is -0.393 e. The molecule has 13 nitrogen and oxygen atoms in total. The highest BCUT2D eigenvalue weighted by Gasteiger charge is 2.46. The summed E-state index contributed by atoms with van der Waals surface area (Å²) in [6, 6.07) is 0.262. The topological polar surface area (TPSA) is 192 Å². The van der Waals surface area contributed by atoms with Gasteiger partial charge in [0.25, 0.3) is 0 Å².